The number of nitrogens with zero attached hydrogens (tertiary/aromatic N) is 2. The number of carbonyl (C=O) groups excluding carboxylic acids is 1. The first-order valence-electron chi connectivity index (χ1n) is 6.68. The zero-order valence-electron chi connectivity index (χ0n) is 11.8. The SMILES string of the molecule is CCOc1ccc(C(=O)Nc2nnc(-c3cccs3)s2)cc1. The van der Waals surface area contributed by atoms with E-state index >= 15 is 0 Å². The largest absolute Gasteiger partial charge is 0.494 e. The Morgan fingerprint density at radius 1 is 1.23 bits per heavy atom. The molecule has 0 spiro atoms. The van der Waals surface area contributed by atoms with E-state index in [1.807, 2.05) is 24.4 Å². The molecule has 3 rings (SSSR count). The molecule has 2 aromatic heterocycles. The summed E-state index contributed by atoms with van der Waals surface area (Å²) in [5.41, 5.74) is 0.552. The molecule has 22 heavy (non-hydrogen) atoms. The Hall–Kier alpha value is -2.25. The number of benzene rings is 1. The van der Waals surface area contributed by atoms with Gasteiger partial charge in [0.25, 0.3) is 5.91 Å². The van der Waals surface area contributed by atoms with Crippen LogP contribution in [-0.4, -0.2) is 22.7 Å². The molecule has 1 N–H and O–H groups in total. The lowest BCUT2D eigenvalue weighted by Gasteiger charge is -2.04. The Morgan fingerprint density at radius 3 is 2.73 bits per heavy atom. The lowest BCUT2D eigenvalue weighted by Crippen LogP contribution is -2.11. The molecule has 0 aliphatic heterocycles. The molecule has 0 bridgehead atoms. The predicted octanol–water partition coefficient (Wildman–Crippen LogP) is 3.92. The maximum absolute atomic E-state index is 12.2. The van der Waals surface area contributed by atoms with Crippen LogP contribution >= 0.6 is 22.7 Å². The molecule has 3 aromatic rings. The highest BCUT2D eigenvalue weighted by atomic mass is 32.1. The molecule has 7 heteroatoms. The maximum atomic E-state index is 12.2. The van der Waals surface area contributed by atoms with Crippen LogP contribution < -0.4 is 10.1 Å². The third-order valence-corrected chi connectivity index (χ3v) is 4.68. The van der Waals surface area contributed by atoms with E-state index in [0.717, 1.165) is 15.6 Å². The summed E-state index contributed by atoms with van der Waals surface area (Å²) in [7, 11) is 0. The first kappa shape index (κ1) is 14.7. The average molecular weight is 331 g/mol. The Morgan fingerprint density at radius 2 is 2.05 bits per heavy atom. The molecule has 0 atom stereocenters. The van der Waals surface area contributed by atoms with Gasteiger partial charge in [0.15, 0.2) is 5.01 Å². The topological polar surface area (TPSA) is 64.1 Å². The molecule has 0 aliphatic carbocycles. The van der Waals surface area contributed by atoms with Crippen molar-refractivity contribution in [1.82, 2.24) is 10.2 Å². The fourth-order valence-corrected chi connectivity index (χ4v) is 3.34. The number of hydrogen-bond acceptors (Lipinski definition) is 6. The monoisotopic (exact) mass is 331 g/mol. The predicted molar refractivity (Wildman–Crippen MR) is 88.8 cm³/mol. The van der Waals surface area contributed by atoms with E-state index in [-0.39, 0.29) is 5.91 Å². The Balaban J connectivity index is 1.69. The van der Waals surface area contributed by atoms with Crippen molar-refractivity contribution in [1.29, 1.82) is 0 Å². The number of hydrogen-bond donors (Lipinski definition) is 1. The van der Waals surface area contributed by atoms with Crippen molar-refractivity contribution in [2.24, 2.45) is 0 Å². The Bertz CT molecular complexity index is 751. The van der Waals surface area contributed by atoms with Crippen molar-refractivity contribution >= 4 is 33.7 Å². The molecule has 5 nitrogen and oxygen atoms in total. The molecule has 0 aliphatic rings. The maximum Gasteiger partial charge on any atom is 0.257 e. The van der Waals surface area contributed by atoms with Crippen molar-refractivity contribution in [2.45, 2.75) is 6.92 Å². The quantitative estimate of drug-likeness (QED) is 0.769. The molecule has 0 saturated carbocycles. The molecule has 1 aromatic carbocycles. The van der Waals surface area contributed by atoms with E-state index in [9.17, 15) is 4.79 Å². The lowest BCUT2D eigenvalue weighted by atomic mass is 10.2. The molecular formula is C15H13N3O2S2. The van der Waals surface area contributed by atoms with Gasteiger partial charge in [-0.15, -0.1) is 21.5 Å². The van der Waals surface area contributed by atoms with Gasteiger partial charge in [-0.1, -0.05) is 17.4 Å². The van der Waals surface area contributed by atoms with Crippen LogP contribution in [0.4, 0.5) is 5.13 Å². The summed E-state index contributed by atoms with van der Waals surface area (Å²) in [6, 6.07) is 10.9. The second kappa shape index (κ2) is 6.67. The number of nitrogens with one attached hydrogen (secondary N) is 1. The van der Waals surface area contributed by atoms with Crippen molar-refractivity contribution in [2.75, 3.05) is 11.9 Å². The standard InChI is InChI=1S/C15H13N3O2S2/c1-2-20-11-7-5-10(6-8-11)13(19)16-15-18-17-14(22-15)12-4-3-9-21-12/h3-9H,2H2,1H3,(H,16,18,19). The van der Waals surface area contributed by atoms with Crippen LogP contribution in [0.15, 0.2) is 41.8 Å². The van der Waals surface area contributed by atoms with Gasteiger partial charge < -0.3 is 4.74 Å². The minimum Gasteiger partial charge on any atom is -0.494 e. The number of rotatable bonds is 5. The van der Waals surface area contributed by atoms with Crippen LogP contribution in [0, 0.1) is 0 Å². The van der Waals surface area contributed by atoms with Gasteiger partial charge in [-0.05, 0) is 42.6 Å². The number of ether oxygens (including phenoxy) is 1. The molecule has 0 fully saturated rings. The summed E-state index contributed by atoms with van der Waals surface area (Å²) >= 11 is 2.95. The highest BCUT2D eigenvalue weighted by Gasteiger charge is 2.11. The molecule has 1 amide bonds. The van der Waals surface area contributed by atoms with Gasteiger partial charge in [0.05, 0.1) is 11.5 Å². The van der Waals surface area contributed by atoms with Gasteiger partial charge in [-0.2, -0.15) is 0 Å². The number of thiophene rings is 1. The minimum absolute atomic E-state index is 0.211. The second-order valence-corrected chi connectivity index (χ2v) is 6.23. The van der Waals surface area contributed by atoms with Gasteiger partial charge in [0.1, 0.15) is 5.75 Å². The highest BCUT2D eigenvalue weighted by Crippen LogP contribution is 2.29. The molecule has 2 heterocycles. The molecule has 0 unspecified atom stereocenters. The summed E-state index contributed by atoms with van der Waals surface area (Å²) in [6.45, 7) is 2.52. The van der Waals surface area contributed by atoms with Gasteiger partial charge in [-0.25, -0.2) is 0 Å². The third kappa shape index (κ3) is 3.32. The highest BCUT2D eigenvalue weighted by molar-refractivity contribution is 7.23. The summed E-state index contributed by atoms with van der Waals surface area (Å²) in [6.07, 6.45) is 0. The van der Waals surface area contributed by atoms with Gasteiger partial charge in [-0.3, -0.25) is 10.1 Å². The zero-order valence-corrected chi connectivity index (χ0v) is 13.4. The fraction of sp³-hybridized carbons (Fsp3) is 0.133. The van der Waals surface area contributed by atoms with E-state index < -0.39 is 0 Å². The lowest BCUT2D eigenvalue weighted by molar-refractivity contribution is 0.102. The zero-order chi connectivity index (χ0) is 15.4. The fourth-order valence-electron chi connectivity index (χ4n) is 1.81. The van der Waals surface area contributed by atoms with E-state index in [0.29, 0.717) is 17.3 Å². The van der Waals surface area contributed by atoms with Gasteiger partial charge in [0.2, 0.25) is 5.13 Å². The van der Waals surface area contributed by atoms with Crippen LogP contribution in [0.5, 0.6) is 5.75 Å². The second-order valence-electron chi connectivity index (χ2n) is 4.30. The van der Waals surface area contributed by atoms with E-state index in [2.05, 4.69) is 15.5 Å². The number of aromatic nitrogens is 2. The smallest absolute Gasteiger partial charge is 0.257 e. The molecule has 0 radical (unpaired) electrons. The van der Waals surface area contributed by atoms with Crippen LogP contribution in [-0.2, 0) is 0 Å². The van der Waals surface area contributed by atoms with Crippen LogP contribution in [0.2, 0.25) is 0 Å². The van der Waals surface area contributed by atoms with Crippen molar-refractivity contribution in [3.8, 4) is 15.6 Å². The first-order valence-corrected chi connectivity index (χ1v) is 8.37. The van der Waals surface area contributed by atoms with Gasteiger partial charge >= 0.3 is 0 Å². The molecule has 112 valence electrons. The number of carbonyl (C=O) groups is 1. The van der Waals surface area contributed by atoms with E-state index in [1.54, 1.807) is 35.6 Å². The summed E-state index contributed by atoms with van der Waals surface area (Å²) in [5, 5.41) is 14.1. The first-order chi connectivity index (χ1) is 10.8. The normalized spacial score (nSPS) is 10.4. The summed E-state index contributed by atoms with van der Waals surface area (Å²) < 4.78 is 5.35. The van der Waals surface area contributed by atoms with Crippen molar-refractivity contribution < 1.29 is 9.53 Å². The summed E-state index contributed by atoms with van der Waals surface area (Å²) in [4.78, 5) is 13.2. The third-order valence-electron chi connectivity index (χ3n) is 2.80. The molecular weight excluding hydrogens is 318 g/mol. The number of anilines is 1. The molecule has 0 saturated heterocycles. The van der Waals surface area contributed by atoms with E-state index in [4.69, 9.17) is 4.74 Å². The van der Waals surface area contributed by atoms with Crippen LogP contribution in [0.1, 0.15) is 17.3 Å². The van der Waals surface area contributed by atoms with Crippen LogP contribution in [0.3, 0.4) is 0 Å². The minimum atomic E-state index is -0.211. The average Bonchev–Trinajstić information content (AvgIpc) is 3.19. The van der Waals surface area contributed by atoms with Crippen molar-refractivity contribution in [3.63, 3.8) is 0 Å². The Labute approximate surface area is 135 Å². The van der Waals surface area contributed by atoms with Crippen LogP contribution in [0.25, 0.3) is 9.88 Å². The van der Waals surface area contributed by atoms with Gasteiger partial charge in [0, 0.05) is 5.56 Å². The Kier molecular flexibility index (Phi) is 4.45. The number of amides is 1. The van der Waals surface area contributed by atoms with E-state index in [1.165, 1.54) is 11.3 Å². The van der Waals surface area contributed by atoms with Crippen molar-refractivity contribution in [3.05, 3.63) is 47.3 Å². The summed E-state index contributed by atoms with van der Waals surface area (Å²) in [5.74, 6) is 0.534.